The number of unbranched alkanes of at least 4 members (excludes halogenated alkanes) is 2. The number of ether oxygens (including phenoxy) is 3. The summed E-state index contributed by atoms with van der Waals surface area (Å²) in [6, 6.07) is 0. The van der Waals surface area contributed by atoms with Crippen molar-refractivity contribution >= 4 is 12.1 Å². The summed E-state index contributed by atoms with van der Waals surface area (Å²) in [5.74, 6) is -0.242. The van der Waals surface area contributed by atoms with Crippen molar-refractivity contribution in [1.82, 2.24) is 0 Å². The van der Waals surface area contributed by atoms with Gasteiger partial charge in [0.1, 0.15) is 0 Å². The highest BCUT2D eigenvalue weighted by atomic mass is 16.7. The molecule has 0 aromatic heterocycles. The van der Waals surface area contributed by atoms with Gasteiger partial charge in [0, 0.05) is 6.42 Å². The molecular weight excluding hydrogens is 224 g/mol. The normalized spacial score (nSPS) is 9.76. The molecule has 0 aliphatic carbocycles. The van der Waals surface area contributed by atoms with Gasteiger partial charge >= 0.3 is 12.1 Å². The number of esters is 1. The summed E-state index contributed by atoms with van der Waals surface area (Å²) < 4.78 is 14.3. The first-order valence-electron chi connectivity index (χ1n) is 6.15. The fourth-order valence-electron chi connectivity index (χ4n) is 1.14. The summed E-state index contributed by atoms with van der Waals surface area (Å²) >= 11 is 0. The largest absolute Gasteiger partial charge is 0.508 e. The van der Waals surface area contributed by atoms with E-state index >= 15 is 0 Å². The van der Waals surface area contributed by atoms with Gasteiger partial charge in [-0.1, -0.05) is 19.8 Å². The fourth-order valence-corrected chi connectivity index (χ4v) is 1.14. The summed E-state index contributed by atoms with van der Waals surface area (Å²) in [7, 11) is 0. The van der Waals surface area contributed by atoms with Crippen LogP contribution in [-0.4, -0.2) is 31.9 Å². The third-order valence-corrected chi connectivity index (χ3v) is 2.02. The average molecular weight is 246 g/mol. The van der Waals surface area contributed by atoms with Crippen LogP contribution in [0.4, 0.5) is 4.79 Å². The lowest BCUT2D eigenvalue weighted by atomic mass is 10.3. The zero-order valence-corrected chi connectivity index (χ0v) is 10.7. The summed E-state index contributed by atoms with van der Waals surface area (Å²) in [5, 5.41) is 0. The van der Waals surface area contributed by atoms with E-state index in [0.29, 0.717) is 13.0 Å². The lowest BCUT2D eigenvalue weighted by molar-refractivity contribution is -0.144. The molecule has 0 atom stereocenters. The number of carbonyl (C=O) groups excluding carboxylic acids is 2. The van der Waals surface area contributed by atoms with Gasteiger partial charge in [-0.05, 0) is 19.8 Å². The number of hydrogen-bond donors (Lipinski definition) is 0. The van der Waals surface area contributed by atoms with Crippen LogP contribution in [0.1, 0.15) is 46.0 Å². The molecule has 0 saturated carbocycles. The van der Waals surface area contributed by atoms with E-state index in [1.54, 1.807) is 6.92 Å². The minimum atomic E-state index is -0.691. The van der Waals surface area contributed by atoms with Crippen molar-refractivity contribution in [1.29, 1.82) is 0 Å². The van der Waals surface area contributed by atoms with E-state index in [-0.39, 0.29) is 25.6 Å². The van der Waals surface area contributed by atoms with Crippen molar-refractivity contribution in [2.24, 2.45) is 0 Å². The summed E-state index contributed by atoms with van der Waals surface area (Å²) in [6.45, 7) is 4.75. The Bertz CT molecular complexity index is 215. The Kier molecular flexibility index (Phi) is 10.4. The van der Waals surface area contributed by atoms with Gasteiger partial charge in [-0.15, -0.1) is 0 Å². The van der Waals surface area contributed by atoms with Crippen LogP contribution in [0.25, 0.3) is 0 Å². The first-order chi connectivity index (χ1) is 8.20. The van der Waals surface area contributed by atoms with E-state index < -0.39 is 6.16 Å². The Balaban J connectivity index is 3.30. The van der Waals surface area contributed by atoms with Crippen LogP contribution >= 0.6 is 0 Å². The zero-order valence-electron chi connectivity index (χ0n) is 10.7. The topological polar surface area (TPSA) is 61.8 Å². The molecule has 0 saturated heterocycles. The van der Waals surface area contributed by atoms with Crippen LogP contribution in [0.3, 0.4) is 0 Å². The predicted molar refractivity (Wildman–Crippen MR) is 62.7 cm³/mol. The van der Waals surface area contributed by atoms with E-state index in [1.807, 2.05) is 0 Å². The van der Waals surface area contributed by atoms with Crippen LogP contribution in [0.15, 0.2) is 0 Å². The molecule has 5 heteroatoms. The summed E-state index contributed by atoms with van der Waals surface area (Å²) in [6.07, 6.45) is 3.12. The van der Waals surface area contributed by atoms with Gasteiger partial charge in [0.05, 0.1) is 19.8 Å². The van der Waals surface area contributed by atoms with Gasteiger partial charge in [-0.2, -0.15) is 0 Å². The maximum atomic E-state index is 11.2. The molecule has 0 unspecified atom stereocenters. The predicted octanol–water partition coefficient (Wildman–Crippen LogP) is 2.67. The molecule has 100 valence electrons. The first kappa shape index (κ1) is 15.7. The standard InChI is InChI=1S/C12H22O5/c1-3-5-6-9-16-11(13)8-7-10-17-12(14)15-4-2/h3-10H2,1-2H3. The SMILES string of the molecule is CCCCCOC(=O)CCCOC(=O)OCC. The molecule has 0 aromatic rings. The van der Waals surface area contributed by atoms with Gasteiger partial charge in [0.15, 0.2) is 0 Å². The average Bonchev–Trinajstić information content (AvgIpc) is 2.31. The van der Waals surface area contributed by atoms with Crippen molar-refractivity contribution in [2.75, 3.05) is 19.8 Å². The van der Waals surface area contributed by atoms with Crippen LogP contribution in [-0.2, 0) is 19.0 Å². The number of hydrogen-bond acceptors (Lipinski definition) is 5. The van der Waals surface area contributed by atoms with Crippen LogP contribution in [0.2, 0.25) is 0 Å². The second-order valence-electron chi connectivity index (χ2n) is 3.56. The number of carbonyl (C=O) groups is 2. The maximum absolute atomic E-state index is 11.2. The smallest absolute Gasteiger partial charge is 0.466 e. The van der Waals surface area contributed by atoms with Crippen molar-refractivity contribution in [3.05, 3.63) is 0 Å². The molecule has 0 amide bonds. The Hall–Kier alpha value is -1.26. The summed E-state index contributed by atoms with van der Waals surface area (Å²) in [5.41, 5.74) is 0. The van der Waals surface area contributed by atoms with Gasteiger partial charge in [-0.3, -0.25) is 4.79 Å². The molecule has 5 nitrogen and oxygen atoms in total. The quantitative estimate of drug-likeness (QED) is 0.462. The number of rotatable bonds is 9. The molecule has 0 radical (unpaired) electrons. The van der Waals surface area contributed by atoms with Crippen molar-refractivity contribution in [2.45, 2.75) is 46.0 Å². The van der Waals surface area contributed by atoms with E-state index in [4.69, 9.17) is 9.47 Å². The monoisotopic (exact) mass is 246 g/mol. The fraction of sp³-hybridized carbons (Fsp3) is 0.833. The van der Waals surface area contributed by atoms with Gasteiger partial charge < -0.3 is 14.2 Å². The molecule has 0 aliphatic rings. The van der Waals surface area contributed by atoms with Crippen molar-refractivity contribution in [3.63, 3.8) is 0 Å². The third kappa shape index (κ3) is 11.0. The molecule has 0 aromatic carbocycles. The molecule has 17 heavy (non-hydrogen) atoms. The maximum Gasteiger partial charge on any atom is 0.508 e. The molecule has 0 aliphatic heterocycles. The lowest BCUT2D eigenvalue weighted by Gasteiger charge is -2.05. The molecule has 0 N–H and O–H groups in total. The first-order valence-corrected chi connectivity index (χ1v) is 6.15. The molecule has 0 rings (SSSR count). The van der Waals surface area contributed by atoms with Gasteiger partial charge in [0.2, 0.25) is 0 Å². The minimum Gasteiger partial charge on any atom is -0.466 e. The molecule has 0 bridgehead atoms. The van der Waals surface area contributed by atoms with Crippen LogP contribution in [0.5, 0.6) is 0 Å². The zero-order chi connectivity index (χ0) is 12.9. The second kappa shape index (κ2) is 11.2. The Labute approximate surface area is 102 Å². The minimum absolute atomic E-state index is 0.183. The van der Waals surface area contributed by atoms with Crippen molar-refractivity contribution in [3.8, 4) is 0 Å². The van der Waals surface area contributed by atoms with E-state index in [1.165, 1.54) is 0 Å². The van der Waals surface area contributed by atoms with Crippen molar-refractivity contribution < 1.29 is 23.8 Å². The Morgan fingerprint density at radius 1 is 0.882 bits per heavy atom. The highest BCUT2D eigenvalue weighted by Crippen LogP contribution is 1.98. The summed E-state index contributed by atoms with van der Waals surface area (Å²) in [4.78, 5) is 22.0. The van der Waals surface area contributed by atoms with E-state index in [2.05, 4.69) is 11.7 Å². The van der Waals surface area contributed by atoms with E-state index in [0.717, 1.165) is 19.3 Å². The van der Waals surface area contributed by atoms with Gasteiger partial charge in [-0.25, -0.2) is 4.79 Å². The Morgan fingerprint density at radius 2 is 1.59 bits per heavy atom. The highest BCUT2D eigenvalue weighted by Gasteiger charge is 2.05. The molecule has 0 spiro atoms. The van der Waals surface area contributed by atoms with Crippen LogP contribution in [0, 0.1) is 0 Å². The van der Waals surface area contributed by atoms with E-state index in [9.17, 15) is 9.59 Å². The second-order valence-corrected chi connectivity index (χ2v) is 3.56. The molecule has 0 heterocycles. The van der Waals surface area contributed by atoms with Gasteiger partial charge in [0.25, 0.3) is 0 Å². The molecular formula is C12H22O5. The lowest BCUT2D eigenvalue weighted by Crippen LogP contribution is -2.11. The highest BCUT2D eigenvalue weighted by molar-refractivity contribution is 5.69. The third-order valence-electron chi connectivity index (χ3n) is 2.02. The van der Waals surface area contributed by atoms with Crippen LogP contribution < -0.4 is 0 Å². The molecule has 0 fully saturated rings. The Morgan fingerprint density at radius 3 is 2.24 bits per heavy atom.